The summed E-state index contributed by atoms with van der Waals surface area (Å²) < 4.78 is 0. The number of likely N-dealkylation sites (N-methyl/N-ethyl adjacent to an activating group) is 1. The topological polar surface area (TPSA) is 49.4 Å². The molecule has 2 rings (SSSR count). The fourth-order valence-corrected chi connectivity index (χ4v) is 2.56. The molecule has 0 aliphatic heterocycles. The van der Waals surface area contributed by atoms with E-state index in [-0.39, 0.29) is 11.5 Å². The molecule has 4 nitrogen and oxygen atoms in total. The van der Waals surface area contributed by atoms with Gasteiger partial charge in [-0.25, -0.2) is 0 Å². The van der Waals surface area contributed by atoms with Crippen molar-refractivity contribution in [3.05, 3.63) is 35.4 Å². The summed E-state index contributed by atoms with van der Waals surface area (Å²) in [6.45, 7) is 8.93. The zero-order valence-corrected chi connectivity index (χ0v) is 14.8. The third kappa shape index (κ3) is 4.64. The number of carbonyl (C=O) groups excluding carboxylic acids is 2. The highest BCUT2D eigenvalue weighted by Gasteiger charge is 2.29. The van der Waals surface area contributed by atoms with Gasteiger partial charge in [0.15, 0.2) is 0 Å². The van der Waals surface area contributed by atoms with Crippen molar-refractivity contribution in [1.82, 2.24) is 10.2 Å². The van der Waals surface area contributed by atoms with E-state index in [1.54, 1.807) is 12.1 Å². The second-order valence-electron chi connectivity index (χ2n) is 7.61. The Morgan fingerprint density at radius 1 is 1.22 bits per heavy atom. The van der Waals surface area contributed by atoms with E-state index in [2.05, 4.69) is 45.0 Å². The number of amides is 1. The summed E-state index contributed by atoms with van der Waals surface area (Å²) in [6.07, 6.45) is 2.46. The monoisotopic (exact) mass is 316 g/mol. The molecule has 1 aromatic rings. The Hall–Kier alpha value is -1.68. The third-order valence-electron chi connectivity index (χ3n) is 4.60. The van der Waals surface area contributed by atoms with E-state index in [0.717, 1.165) is 5.56 Å². The summed E-state index contributed by atoms with van der Waals surface area (Å²) >= 11 is 0. The second kappa shape index (κ2) is 6.83. The van der Waals surface area contributed by atoms with Crippen LogP contribution in [0.25, 0.3) is 0 Å². The fraction of sp³-hybridized carbons (Fsp3) is 0.579. The molecule has 0 spiro atoms. The molecule has 1 atom stereocenters. The maximum atomic E-state index is 12.2. The number of carbonyl (C=O) groups is 2. The lowest BCUT2D eigenvalue weighted by Crippen LogP contribution is -2.43. The van der Waals surface area contributed by atoms with Gasteiger partial charge in [0.05, 0.1) is 0 Å². The normalized spacial score (nSPS) is 16.3. The van der Waals surface area contributed by atoms with E-state index in [1.807, 2.05) is 12.1 Å². The van der Waals surface area contributed by atoms with Crippen molar-refractivity contribution in [3.63, 3.8) is 0 Å². The van der Waals surface area contributed by atoms with Crippen LogP contribution in [0.2, 0.25) is 0 Å². The van der Waals surface area contributed by atoms with Crippen LogP contribution in [-0.4, -0.2) is 42.3 Å². The molecule has 1 aromatic carbocycles. The molecular formula is C19H28N2O2. The standard InChI is InChI=1S/C19H28N2O2/c1-13(21(5)16-10-11-16)12-20-18(23)17(22)14-6-8-15(9-7-14)19(2,3)4/h6-9,13,16H,10-12H2,1-5H3,(H,20,23). The summed E-state index contributed by atoms with van der Waals surface area (Å²) in [7, 11) is 2.07. The highest BCUT2D eigenvalue weighted by Crippen LogP contribution is 2.26. The lowest BCUT2D eigenvalue weighted by molar-refractivity contribution is -0.117. The van der Waals surface area contributed by atoms with Crippen molar-refractivity contribution < 1.29 is 9.59 Å². The van der Waals surface area contributed by atoms with Gasteiger partial charge >= 0.3 is 0 Å². The third-order valence-corrected chi connectivity index (χ3v) is 4.60. The molecule has 1 amide bonds. The van der Waals surface area contributed by atoms with Crippen LogP contribution >= 0.6 is 0 Å². The van der Waals surface area contributed by atoms with E-state index >= 15 is 0 Å². The minimum absolute atomic E-state index is 0.0344. The number of nitrogens with zero attached hydrogens (tertiary/aromatic N) is 1. The molecule has 1 saturated carbocycles. The highest BCUT2D eigenvalue weighted by atomic mass is 16.2. The molecule has 0 heterocycles. The smallest absolute Gasteiger partial charge is 0.292 e. The van der Waals surface area contributed by atoms with Crippen LogP contribution in [-0.2, 0) is 10.2 Å². The van der Waals surface area contributed by atoms with Gasteiger partial charge < -0.3 is 5.32 Å². The molecule has 0 saturated heterocycles. The van der Waals surface area contributed by atoms with Crippen LogP contribution < -0.4 is 5.32 Å². The van der Waals surface area contributed by atoms with Crippen LogP contribution in [0.15, 0.2) is 24.3 Å². The van der Waals surface area contributed by atoms with Gasteiger partial charge in [0.1, 0.15) is 0 Å². The van der Waals surface area contributed by atoms with Crippen LogP contribution in [0.1, 0.15) is 56.5 Å². The molecule has 0 radical (unpaired) electrons. The first kappa shape index (κ1) is 17.7. The summed E-state index contributed by atoms with van der Waals surface area (Å²) in [5.74, 6) is -0.990. The van der Waals surface area contributed by atoms with E-state index in [4.69, 9.17) is 0 Å². The second-order valence-corrected chi connectivity index (χ2v) is 7.61. The van der Waals surface area contributed by atoms with Gasteiger partial charge in [0.2, 0.25) is 5.78 Å². The molecule has 1 N–H and O–H groups in total. The Labute approximate surface area is 139 Å². The van der Waals surface area contributed by atoms with Crippen molar-refractivity contribution in [2.75, 3.05) is 13.6 Å². The zero-order valence-electron chi connectivity index (χ0n) is 14.8. The van der Waals surface area contributed by atoms with Crippen LogP contribution in [0.3, 0.4) is 0 Å². The molecule has 1 unspecified atom stereocenters. The first-order chi connectivity index (χ1) is 10.7. The van der Waals surface area contributed by atoms with Gasteiger partial charge in [-0.3, -0.25) is 14.5 Å². The van der Waals surface area contributed by atoms with Crippen molar-refractivity contribution >= 4 is 11.7 Å². The molecule has 23 heavy (non-hydrogen) atoms. The predicted molar refractivity (Wildman–Crippen MR) is 92.7 cm³/mol. The quantitative estimate of drug-likeness (QED) is 0.648. The number of hydrogen-bond donors (Lipinski definition) is 1. The van der Waals surface area contributed by atoms with Gasteiger partial charge in [0.25, 0.3) is 5.91 Å². The molecule has 4 heteroatoms. The predicted octanol–water partition coefficient (Wildman–Crippen LogP) is 2.77. The van der Waals surface area contributed by atoms with E-state index in [1.165, 1.54) is 12.8 Å². The average Bonchev–Trinajstić information content (AvgIpc) is 3.34. The Morgan fingerprint density at radius 2 is 1.78 bits per heavy atom. The first-order valence-electron chi connectivity index (χ1n) is 8.35. The SMILES string of the molecule is CC(CNC(=O)C(=O)c1ccc(C(C)(C)C)cc1)N(C)C1CC1. The minimum Gasteiger partial charge on any atom is -0.348 e. The van der Waals surface area contributed by atoms with E-state index in [0.29, 0.717) is 18.2 Å². The Balaban J connectivity index is 1.90. The lowest BCUT2D eigenvalue weighted by Gasteiger charge is -2.24. The molecule has 1 fully saturated rings. The zero-order chi connectivity index (χ0) is 17.2. The van der Waals surface area contributed by atoms with Crippen molar-refractivity contribution in [2.45, 2.75) is 58.0 Å². The van der Waals surface area contributed by atoms with Gasteiger partial charge in [-0.1, -0.05) is 45.0 Å². The highest BCUT2D eigenvalue weighted by molar-refractivity contribution is 6.42. The molecule has 0 aromatic heterocycles. The Kier molecular flexibility index (Phi) is 5.25. The van der Waals surface area contributed by atoms with E-state index < -0.39 is 11.7 Å². The summed E-state index contributed by atoms with van der Waals surface area (Å²) in [5, 5.41) is 2.76. The minimum atomic E-state index is -0.524. The van der Waals surface area contributed by atoms with Crippen LogP contribution in [0.4, 0.5) is 0 Å². The van der Waals surface area contributed by atoms with E-state index in [9.17, 15) is 9.59 Å². The molecule has 0 bridgehead atoms. The maximum Gasteiger partial charge on any atom is 0.292 e. The first-order valence-corrected chi connectivity index (χ1v) is 8.35. The molecular weight excluding hydrogens is 288 g/mol. The van der Waals surface area contributed by atoms with Crippen molar-refractivity contribution in [3.8, 4) is 0 Å². The number of benzene rings is 1. The number of hydrogen-bond acceptors (Lipinski definition) is 3. The Morgan fingerprint density at radius 3 is 2.26 bits per heavy atom. The fourth-order valence-electron chi connectivity index (χ4n) is 2.56. The summed E-state index contributed by atoms with van der Waals surface area (Å²) in [5.41, 5.74) is 1.62. The maximum absolute atomic E-state index is 12.2. The molecule has 1 aliphatic carbocycles. The van der Waals surface area contributed by atoms with Crippen LogP contribution in [0.5, 0.6) is 0 Å². The van der Waals surface area contributed by atoms with Crippen molar-refractivity contribution in [1.29, 1.82) is 0 Å². The van der Waals surface area contributed by atoms with Crippen LogP contribution in [0, 0.1) is 0 Å². The number of rotatable bonds is 6. The number of ketones is 1. The van der Waals surface area contributed by atoms with Gasteiger partial charge in [-0.15, -0.1) is 0 Å². The largest absolute Gasteiger partial charge is 0.348 e. The van der Waals surface area contributed by atoms with Gasteiger partial charge in [0, 0.05) is 24.2 Å². The van der Waals surface area contributed by atoms with Gasteiger partial charge in [-0.2, -0.15) is 0 Å². The van der Waals surface area contributed by atoms with Crippen molar-refractivity contribution in [2.24, 2.45) is 0 Å². The van der Waals surface area contributed by atoms with Gasteiger partial charge in [-0.05, 0) is 37.8 Å². The molecule has 126 valence electrons. The average molecular weight is 316 g/mol. The summed E-state index contributed by atoms with van der Waals surface area (Å²) in [6, 6.07) is 8.20. The lowest BCUT2D eigenvalue weighted by atomic mass is 9.86. The number of nitrogens with one attached hydrogen (secondary N) is 1. The number of Topliss-reactive ketones (excluding diaryl/α,β-unsaturated/α-hetero) is 1. The summed E-state index contributed by atoms with van der Waals surface area (Å²) in [4.78, 5) is 26.5. The Bertz CT molecular complexity index is 568. The molecule has 1 aliphatic rings.